The maximum absolute atomic E-state index is 12.9. The highest BCUT2D eigenvalue weighted by Crippen LogP contribution is 2.34. The summed E-state index contributed by atoms with van der Waals surface area (Å²) in [7, 11) is -2.48. The first-order valence-electron chi connectivity index (χ1n) is 6.49. The fourth-order valence-electron chi connectivity index (χ4n) is 1.86. The van der Waals surface area contributed by atoms with Crippen molar-refractivity contribution in [2.75, 3.05) is 12.9 Å². The molecule has 0 aliphatic rings. The molecule has 124 valence electrons. The highest BCUT2D eigenvalue weighted by atomic mass is 32.2. The number of halogens is 3. The molecule has 2 rings (SSSR count). The first-order chi connectivity index (χ1) is 10.7. The lowest BCUT2D eigenvalue weighted by Crippen LogP contribution is -2.11. The van der Waals surface area contributed by atoms with E-state index in [4.69, 9.17) is 4.74 Å². The molecule has 0 radical (unpaired) electrons. The summed E-state index contributed by atoms with van der Waals surface area (Å²) in [6.07, 6.45) is -2.03. The summed E-state index contributed by atoms with van der Waals surface area (Å²) in [5.41, 5.74) is -1.02. The van der Waals surface area contributed by atoms with E-state index in [-0.39, 0.29) is 17.1 Å². The Labute approximate surface area is 131 Å². The van der Waals surface area contributed by atoms with Crippen LogP contribution < -0.4 is 4.74 Å². The van der Waals surface area contributed by atoms with Crippen molar-refractivity contribution < 1.29 is 26.3 Å². The molecule has 0 aliphatic heterocycles. The van der Waals surface area contributed by atoms with E-state index in [1.807, 2.05) is 0 Å². The first kappa shape index (κ1) is 17.2. The predicted molar refractivity (Wildman–Crippen MR) is 76.7 cm³/mol. The van der Waals surface area contributed by atoms with E-state index in [9.17, 15) is 21.6 Å². The van der Waals surface area contributed by atoms with Crippen molar-refractivity contribution in [3.05, 3.63) is 36.2 Å². The molecule has 9 heteroatoms. The van der Waals surface area contributed by atoms with Gasteiger partial charge in [0, 0.05) is 5.56 Å². The fourth-order valence-corrected chi connectivity index (χ4v) is 2.97. The highest BCUT2D eigenvalue weighted by molar-refractivity contribution is 7.91. The van der Waals surface area contributed by atoms with Crippen LogP contribution in [0.1, 0.15) is 12.5 Å². The molecule has 0 atom stereocenters. The lowest BCUT2D eigenvalue weighted by molar-refractivity contribution is -0.137. The molecule has 0 fully saturated rings. The van der Waals surface area contributed by atoms with Gasteiger partial charge >= 0.3 is 6.18 Å². The fraction of sp³-hybridized carbons (Fsp3) is 0.286. The number of rotatable bonds is 4. The van der Waals surface area contributed by atoms with E-state index in [1.54, 1.807) is 0 Å². The predicted octanol–water partition coefficient (Wildman–Crippen LogP) is 2.96. The van der Waals surface area contributed by atoms with Gasteiger partial charge in [-0.25, -0.2) is 18.4 Å². The Morgan fingerprint density at radius 1 is 1.17 bits per heavy atom. The van der Waals surface area contributed by atoms with Crippen LogP contribution in [-0.2, 0) is 16.0 Å². The average molecular weight is 346 g/mol. The Bertz CT molecular complexity index is 803. The molecule has 0 bridgehead atoms. The number of sulfone groups is 1. The lowest BCUT2D eigenvalue weighted by Gasteiger charge is -2.13. The Morgan fingerprint density at radius 2 is 1.78 bits per heavy atom. The van der Waals surface area contributed by atoms with Crippen LogP contribution >= 0.6 is 0 Å². The Kier molecular flexibility index (Phi) is 4.60. The number of alkyl halides is 3. The average Bonchev–Trinajstić information content (AvgIpc) is 2.53. The first-order valence-corrected chi connectivity index (χ1v) is 8.14. The zero-order valence-electron chi connectivity index (χ0n) is 12.3. The number of aromatic nitrogens is 2. The minimum absolute atomic E-state index is 0.00606. The standard InChI is InChI=1S/C14H13F3N2O3S/c1-3-23(20,21)12-6-9(14(15,16)17)4-5-11(12)13-18-7-10(22-2)8-19-13/h4-8H,3H2,1-2H3. The molecule has 1 aromatic carbocycles. The molecule has 23 heavy (non-hydrogen) atoms. The summed E-state index contributed by atoms with van der Waals surface area (Å²) in [5.74, 6) is 0.0180. The SMILES string of the molecule is CCS(=O)(=O)c1cc(C(F)(F)F)ccc1-c1ncc(OC)cn1. The second kappa shape index (κ2) is 6.15. The Morgan fingerprint density at radius 3 is 2.26 bits per heavy atom. The summed E-state index contributed by atoms with van der Waals surface area (Å²) in [4.78, 5) is 7.43. The number of ether oxygens (including phenoxy) is 1. The van der Waals surface area contributed by atoms with Gasteiger partial charge in [0.25, 0.3) is 0 Å². The number of hydrogen-bond donors (Lipinski definition) is 0. The molecule has 0 saturated carbocycles. The molecule has 2 aromatic rings. The molecule has 0 spiro atoms. The van der Waals surface area contributed by atoms with Crippen LogP contribution in [0.5, 0.6) is 5.75 Å². The van der Waals surface area contributed by atoms with Gasteiger partial charge in [0.2, 0.25) is 0 Å². The second-order valence-corrected chi connectivity index (χ2v) is 6.81. The minimum atomic E-state index is -4.64. The summed E-state index contributed by atoms with van der Waals surface area (Å²) < 4.78 is 67.7. The van der Waals surface area contributed by atoms with Crippen molar-refractivity contribution in [2.24, 2.45) is 0 Å². The molecular formula is C14H13F3N2O3S. The molecule has 0 saturated heterocycles. The molecular weight excluding hydrogens is 333 g/mol. The molecule has 0 unspecified atom stereocenters. The van der Waals surface area contributed by atoms with Gasteiger partial charge in [-0.15, -0.1) is 0 Å². The van der Waals surface area contributed by atoms with Crippen molar-refractivity contribution in [3.8, 4) is 17.1 Å². The maximum atomic E-state index is 12.9. The van der Waals surface area contributed by atoms with E-state index in [0.717, 1.165) is 12.1 Å². The minimum Gasteiger partial charge on any atom is -0.494 e. The van der Waals surface area contributed by atoms with Crippen LogP contribution in [0.3, 0.4) is 0 Å². The largest absolute Gasteiger partial charge is 0.494 e. The van der Waals surface area contributed by atoms with E-state index < -0.39 is 26.5 Å². The molecule has 1 heterocycles. The summed E-state index contributed by atoms with van der Waals surface area (Å²) in [6, 6.07) is 2.48. The van der Waals surface area contributed by atoms with Crippen LogP contribution in [0.25, 0.3) is 11.4 Å². The van der Waals surface area contributed by atoms with E-state index in [1.165, 1.54) is 26.4 Å². The number of benzene rings is 1. The third kappa shape index (κ3) is 3.61. The van der Waals surface area contributed by atoms with Crippen molar-refractivity contribution >= 4 is 9.84 Å². The van der Waals surface area contributed by atoms with E-state index >= 15 is 0 Å². The van der Waals surface area contributed by atoms with Gasteiger partial charge in [-0.3, -0.25) is 0 Å². The number of nitrogens with zero attached hydrogens (tertiary/aromatic N) is 2. The number of methoxy groups -OCH3 is 1. The van der Waals surface area contributed by atoms with E-state index in [2.05, 4.69) is 9.97 Å². The van der Waals surface area contributed by atoms with Gasteiger partial charge in [-0.2, -0.15) is 13.2 Å². The molecule has 0 aliphatic carbocycles. The quantitative estimate of drug-likeness (QED) is 0.851. The summed E-state index contributed by atoms with van der Waals surface area (Å²) in [5, 5.41) is 0. The lowest BCUT2D eigenvalue weighted by atomic mass is 10.1. The third-order valence-electron chi connectivity index (χ3n) is 3.13. The van der Waals surface area contributed by atoms with Gasteiger partial charge < -0.3 is 4.74 Å². The van der Waals surface area contributed by atoms with Crippen LogP contribution in [0, 0.1) is 0 Å². The van der Waals surface area contributed by atoms with Crippen LogP contribution in [0.4, 0.5) is 13.2 Å². The maximum Gasteiger partial charge on any atom is 0.416 e. The van der Waals surface area contributed by atoms with Gasteiger partial charge in [0.1, 0.15) is 0 Å². The zero-order chi connectivity index (χ0) is 17.3. The molecule has 0 amide bonds. The van der Waals surface area contributed by atoms with Gasteiger partial charge in [-0.05, 0) is 18.2 Å². The van der Waals surface area contributed by atoms with Gasteiger partial charge in [0.15, 0.2) is 21.4 Å². The topological polar surface area (TPSA) is 69.2 Å². The van der Waals surface area contributed by atoms with Gasteiger partial charge in [0.05, 0.1) is 35.7 Å². The molecule has 0 N–H and O–H groups in total. The monoisotopic (exact) mass is 346 g/mol. The van der Waals surface area contributed by atoms with Crippen molar-refractivity contribution in [1.29, 1.82) is 0 Å². The van der Waals surface area contributed by atoms with E-state index in [0.29, 0.717) is 11.8 Å². The Balaban J connectivity index is 2.67. The van der Waals surface area contributed by atoms with Crippen LogP contribution in [0.2, 0.25) is 0 Å². The zero-order valence-corrected chi connectivity index (χ0v) is 13.1. The van der Waals surface area contributed by atoms with Crippen molar-refractivity contribution in [3.63, 3.8) is 0 Å². The molecule has 1 aromatic heterocycles. The molecule has 5 nitrogen and oxygen atoms in total. The summed E-state index contributed by atoms with van der Waals surface area (Å²) >= 11 is 0. The summed E-state index contributed by atoms with van der Waals surface area (Å²) in [6.45, 7) is 1.36. The van der Waals surface area contributed by atoms with Crippen molar-refractivity contribution in [1.82, 2.24) is 9.97 Å². The third-order valence-corrected chi connectivity index (χ3v) is 4.90. The highest BCUT2D eigenvalue weighted by Gasteiger charge is 2.33. The van der Waals surface area contributed by atoms with Gasteiger partial charge in [-0.1, -0.05) is 6.92 Å². The smallest absolute Gasteiger partial charge is 0.416 e. The van der Waals surface area contributed by atoms with Crippen molar-refractivity contribution in [2.45, 2.75) is 18.0 Å². The normalized spacial score (nSPS) is 12.2. The Hall–Kier alpha value is -2.16. The van der Waals surface area contributed by atoms with Crippen LogP contribution in [0.15, 0.2) is 35.5 Å². The number of hydrogen-bond acceptors (Lipinski definition) is 5. The second-order valence-electron chi connectivity index (χ2n) is 4.56. The van der Waals surface area contributed by atoms with Crippen LogP contribution in [-0.4, -0.2) is 31.2 Å².